The van der Waals surface area contributed by atoms with Gasteiger partial charge < -0.3 is 19.7 Å². The second-order valence-corrected chi connectivity index (χ2v) is 15.6. The van der Waals surface area contributed by atoms with Crippen LogP contribution in [0, 0.1) is 0 Å². The van der Waals surface area contributed by atoms with Gasteiger partial charge in [-0.25, -0.2) is 19.9 Å². The van der Waals surface area contributed by atoms with Gasteiger partial charge in [-0.3, -0.25) is 30.2 Å². The van der Waals surface area contributed by atoms with E-state index in [0.29, 0.717) is 45.1 Å². The number of benzene rings is 2. The van der Waals surface area contributed by atoms with Gasteiger partial charge in [0.1, 0.15) is 11.0 Å². The number of nitrogens with zero attached hydrogens (tertiary/aromatic N) is 7. The van der Waals surface area contributed by atoms with E-state index in [4.69, 9.17) is 26.1 Å². The highest BCUT2D eigenvalue weighted by molar-refractivity contribution is 7.14. The molecule has 2 aromatic carbocycles. The van der Waals surface area contributed by atoms with Gasteiger partial charge in [0, 0.05) is 85.7 Å². The molecule has 0 spiro atoms. The fraction of sp³-hybridized carbons (Fsp3) is 0.238. The molecule has 2 fully saturated rings. The molecule has 4 aromatic heterocycles. The Labute approximate surface area is 353 Å². The lowest BCUT2D eigenvalue weighted by atomic mass is 10.0. The Morgan fingerprint density at radius 1 is 0.661 bits per heavy atom. The van der Waals surface area contributed by atoms with Crippen LogP contribution in [0.1, 0.15) is 43.0 Å². The molecule has 10 rings (SSSR count). The van der Waals surface area contributed by atoms with Gasteiger partial charge in [0.05, 0.1) is 60.4 Å². The summed E-state index contributed by atoms with van der Waals surface area (Å²) < 4.78 is 10.4. The largest absolute Gasteiger partial charge is 0.379 e. The highest BCUT2D eigenvalue weighted by atomic mass is 35.5. The summed E-state index contributed by atoms with van der Waals surface area (Å²) in [4.78, 5) is 53.8. The van der Waals surface area contributed by atoms with Crippen molar-refractivity contribution in [3.05, 3.63) is 135 Å². The minimum atomic E-state index is -0.207. The number of hydrogen-bond donors (Lipinski definition) is 3. The molecule has 14 nitrogen and oxygen atoms in total. The van der Waals surface area contributed by atoms with E-state index < -0.39 is 0 Å². The second-order valence-electron chi connectivity index (χ2n) is 13.4. The monoisotopic (exact) mass is 846 g/mol. The molecule has 2 amide bonds. The van der Waals surface area contributed by atoms with Crippen molar-refractivity contribution in [2.24, 2.45) is 9.98 Å². The van der Waals surface area contributed by atoms with E-state index >= 15 is 0 Å². The number of hydrogen-bond acceptors (Lipinski definition) is 14. The SMILES string of the molecule is C1COCCN1.O=C(Nc1nccs1)c1cccc2c1N=C(c1ccc(Cl)nc1)C2.O=C(Nc1nccs1)c1cccc2c1N=C(c1ccc(N3CCOCC3)nc1)C2. The van der Waals surface area contributed by atoms with Gasteiger partial charge in [0.2, 0.25) is 0 Å². The van der Waals surface area contributed by atoms with Crippen molar-refractivity contribution in [1.82, 2.24) is 25.3 Å². The maximum atomic E-state index is 12.7. The molecule has 0 atom stereocenters. The molecule has 2 saturated heterocycles. The minimum absolute atomic E-state index is 0.192. The van der Waals surface area contributed by atoms with Crippen LogP contribution in [0.5, 0.6) is 0 Å². The number of halogens is 1. The van der Waals surface area contributed by atoms with Crippen molar-refractivity contribution in [2.75, 3.05) is 68.1 Å². The number of aliphatic imine (C=N–C) groups is 2. The number of fused-ring (bicyclic) bond motifs is 2. The van der Waals surface area contributed by atoms with E-state index in [-0.39, 0.29) is 11.8 Å². The van der Waals surface area contributed by atoms with Crippen molar-refractivity contribution < 1.29 is 19.1 Å². The number of carbonyl (C=O) groups is 2. The molecule has 0 radical (unpaired) electrons. The molecule has 8 heterocycles. The van der Waals surface area contributed by atoms with Crippen molar-refractivity contribution in [3.8, 4) is 0 Å². The Hall–Kier alpha value is -5.75. The second kappa shape index (κ2) is 19.3. The first-order chi connectivity index (χ1) is 29.0. The number of para-hydroxylation sites is 2. The molecule has 59 heavy (non-hydrogen) atoms. The third-order valence-electron chi connectivity index (χ3n) is 9.57. The Morgan fingerprint density at radius 2 is 1.20 bits per heavy atom. The molecule has 0 aliphatic carbocycles. The normalized spacial score (nSPS) is 15.3. The van der Waals surface area contributed by atoms with Crippen molar-refractivity contribution in [2.45, 2.75) is 12.8 Å². The van der Waals surface area contributed by atoms with Crippen molar-refractivity contribution in [3.63, 3.8) is 0 Å². The molecule has 0 saturated carbocycles. The number of morpholine rings is 2. The predicted octanol–water partition coefficient (Wildman–Crippen LogP) is 7.03. The van der Waals surface area contributed by atoms with Gasteiger partial charge in [-0.15, -0.1) is 22.7 Å². The number of carbonyl (C=O) groups excluding carboxylic acids is 2. The summed E-state index contributed by atoms with van der Waals surface area (Å²) in [6, 6.07) is 19.0. The molecule has 3 N–H and O–H groups in total. The number of amides is 2. The molecule has 0 unspecified atom stereocenters. The first-order valence-corrected chi connectivity index (χ1v) is 21.1. The van der Waals surface area contributed by atoms with Crippen LogP contribution in [0.25, 0.3) is 0 Å². The standard InChI is InChI=1S/C21H19N5O2S.C17H11ClN4OS.C4H9NO/c27-20(25-21-22-6-11-29-21)16-3-1-2-14-12-17(24-19(14)16)15-4-5-18(23-13-15)26-7-9-28-10-8-26;18-14-5-4-11(9-20-14)13-8-10-2-1-3-12(15(10)21-13)16(23)22-17-19-6-7-24-17;1-3-6-4-2-5-1/h1-6,11,13H,7-10,12H2,(H,22,25,27);1-7,9H,8H2,(H,19,22,23);5H,1-4H2. The third kappa shape index (κ3) is 10.1. The van der Waals surface area contributed by atoms with Crippen LogP contribution in [-0.2, 0) is 22.3 Å². The van der Waals surface area contributed by atoms with Crippen molar-refractivity contribution >= 4 is 85.0 Å². The van der Waals surface area contributed by atoms with E-state index in [1.807, 2.05) is 53.4 Å². The zero-order valence-corrected chi connectivity index (χ0v) is 34.2. The summed E-state index contributed by atoms with van der Waals surface area (Å²) >= 11 is 8.60. The Kier molecular flexibility index (Phi) is 13.1. The summed E-state index contributed by atoms with van der Waals surface area (Å²) in [5.41, 5.74) is 8.29. The molecular formula is C42H39ClN10O4S2. The number of anilines is 3. The molecule has 300 valence electrons. The average molecular weight is 847 g/mol. The highest BCUT2D eigenvalue weighted by Crippen LogP contribution is 2.34. The van der Waals surface area contributed by atoms with Crippen LogP contribution >= 0.6 is 34.3 Å². The molecule has 4 aliphatic rings. The topological polar surface area (TPSA) is 168 Å². The zero-order valence-electron chi connectivity index (χ0n) is 31.8. The van der Waals surface area contributed by atoms with Gasteiger partial charge in [-0.1, -0.05) is 35.9 Å². The first kappa shape index (κ1) is 40.0. The smallest absolute Gasteiger partial charge is 0.259 e. The number of aromatic nitrogens is 4. The van der Waals surface area contributed by atoms with E-state index in [2.05, 4.69) is 51.8 Å². The zero-order chi connectivity index (χ0) is 40.4. The van der Waals surface area contributed by atoms with Gasteiger partial charge in [0.25, 0.3) is 11.8 Å². The van der Waals surface area contributed by atoms with Crippen LogP contribution in [0.4, 0.5) is 27.5 Å². The molecule has 0 bridgehead atoms. The summed E-state index contributed by atoms with van der Waals surface area (Å²) in [6.07, 6.45) is 8.23. The number of pyridine rings is 2. The van der Waals surface area contributed by atoms with Gasteiger partial charge in [-0.05, 0) is 47.5 Å². The van der Waals surface area contributed by atoms with E-state index in [1.165, 1.54) is 22.7 Å². The van der Waals surface area contributed by atoms with Crippen LogP contribution in [0.2, 0.25) is 5.15 Å². The molecule has 6 aromatic rings. The van der Waals surface area contributed by atoms with Gasteiger partial charge >= 0.3 is 0 Å². The lowest BCUT2D eigenvalue weighted by Crippen LogP contribution is -2.36. The van der Waals surface area contributed by atoms with E-state index in [9.17, 15) is 9.59 Å². The summed E-state index contributed by atoms with van der Waals surface area (Å²) in [5, 5.41) is 14.0. The van der Waals surface area contributed by atoms with Crippen molar-refractivity contribution in [1.29, 1.82) is 0 Å². The van der Waals surface area contributed by atoms with Gasteiger partial charge in [0.15, 0.2) is 10.3 Å². The quantitative estimate of drug-likeness (QED) is 0.142. The first-order valence-electron chi connectivity index (χ1n) is 19.0. The lowest BCUT2D eigenvalue weighted by molar-refractivity contribution is 0.101. The van der Waals surface area contributed by atoms with Crippen LogP contribution in [0.15, 0.2) is 106 Å². The molecular weight excluding hydrogens is 808 g/mol. The summed E-state index contributed by atoms with van der Waals surface area (Å²) in [6.45, 7) is 7.02. The average Bonchev–Trinajstić information content (AvgIpc) is 4.13. The van der Waals surface area contributed by atoms with Gasteiger partial charge in [-0.2, -0.15) is 0 Å². The highest BCUT2D eigenvalue weighted by Gasteiger charge is 2.24. The number of nitrogens with one attached hydrogen (secondary N) is 3. The molecule has 4 aliphatic heterocycles. The predicted molar refractivity (Wildman–Crippen MR) is 233 cm³/mol. The number of thiazole rings is 2. The fourth-order valence-corrected chi connectivity index (χ4v) is 7.80. The van der Waals surface area contributed by atoms with E-state index in [1.54, 1.807) is 36.8 Å². The lowest BCUT2D eigenvalue weighted by Gasteiger charge is -2.27. The molecule has 17 heteroatoms. The Bertz CT molecular complexity index is 2420. The maximum absolute atomic E-state index is 12.7. The minimum Gasteiger partial charge on any atom is -0.379 e. The Balaban J connectivity index is 0.000000146. The fourth-order valence-electron chi connectivity index (χ4n) is 6.64. The Morgan fingerprint density at radius 3 is 1.64 bits per heavy atom. The third-order valence-corrected chi connectivity index (χ3v) is 11.2. The summed E-state index contributed by atoms with van der Waals surface area (Å²) in [7, 11) is 0. The van der Waals surface area contributed by atoms with Crippen LogP contribution < -0.4 is 20.9 Å². The maximum Gasteiger partial charge on any atom is 0.259 e. The van der Waals surface area contributed by atoms with Crippen LogP contribution in [0.3, 0.4) is 0 Å². The van der Waals surface area contributed by atoms with E-state index in [0.717, 1.165) is 97.8 Å². The van der Waals surface area contributed by atoms with Crippen LogP contribution in [-0.4, -0.2) is 95.8 Å². The number of rotatable bonds is 7. The number of ether oxygens (including phenoxy) is 2. The summed E-state index contributed by atoms with van der Waals surface area (Å²) in [5.74, 6) is 0.556.